The van der Waals surface area contributed by atoms with E-state index in [-0.39, 0.29) is 6.04 Å². The molecule has 20 heavy (non-hydrogen) atoms. The predicted molar refractivity (Wildman–Crippen MR) is 86.2 cm³/mol. The van der Waals surface area contributed by atoms with Gasteiger partial charge in [-0.3, -0.25) is 4.68 Å². The molecule has 1 heterocycles. The minimum absolute atomic E-state index is 0.114. The molecule has 0 amide bonds. The van der Waals surface area contributed by atoms with Crippen LogP contribution in [0.4, 0.5) is 0 Å². The normalized spacial score (nSPS) is 12.4. The second kappa shape index (κ2) is 7.15. The maximum absolute atomic E-state index is 6.30. The molecule has 2 N–H and O–H groups in total. The monoisotopic (exact) mass is 355 g/mol. The number of thioether (sulfide) groups is 1. The van der Waals surface area contributed by atoms with Gasteiger partial charge in [0.05, 0.1) is 25.0 Å². The Kier molecular flexibility index (Phi) is 5.51. The summed E-state index contributed by atoms with van der Waals surface area (Å²) in [4.78, 5) is 1.19. The van der Waals surface area contributed by atoms with Gasteiger partial charge in [-0.1, -0.05) is 22.0 Å². The number of rotatable bonds is 6. The lowest BCUT2D eigenvalue weighted by Gasteiger charge is -2.15. The van der Waals surface area contributed by atoms with Crippen LogP contribution in [0.2, 0.25) is 0 Å². The molecule has 1 aromatic carbocycles. The topological polar surface area (TPSA) is 53.1 Å². The van der Waals surface area contributed by atoms with Gasteiger partial charge in [0.1, 0.15) is 0 Å². The van der Waals surface area contributed by atoms with Crippen LogP contribution in [0, 0.1) is 0 Å². The molecular formula is C14H18BrN3OS. The van der Waals surface area contributed by atoms with Crippen LogP contribution in [-0.4, -0.2) is 22.6 Å². The Bertz CT molecular complexity index is 552. The maximum atomic E-state index is 6.30. The minimum atomic E-state index is -0.114. The summed E-state index contributed by atoms with van der Waals surface area (Å²) in [5.41, 5.74) is 7.26. The number of benzene rings is 1. The van der Waals surface area contributed by atoms with Gasteiger partial charge in [0, 0.05) is 21.7 Å². The van der Waals surface area contributed by atoms with E-state index in [1.54, 1.807) is 25.1 Å². The van der Waals surface area contributed by atoms with Crippen LogP contribution in [0.1, 0.15) is 18.7 Å². The van der Waals surface area contributed by atoms with Crippen molar-refractivity contribution >= 4 is 27.7 Å². The van der Waals surface area contributed by atoms with Gasteiger partial charge in [0.15, 0.2) is 5.75 Å². The molecule has 0 spiro atoms. The third-order valence-corrected chi connectivity index (χ3v) is 4.55. The Morgan fingerprint density at radius 2 is 2.30 bits per heavy atom. The zero-order valence-corrected chi connectivity index (χ0v) is 13.9. The summed E-state index contributed by atoms with van der Waals surface area (Å²) in [6.07, 6.45) is 1.72. The quantitative estimate of drug-likeness (QED) is 0.806. The number of hydrogen-bond donors (Lipinski definition) is 1. The van der Waals surface area contributed by atoms with Crippen molar-refractivity contribution in [2.45, 2.75) is 24.4 Å². The molecule has 2 rings (SSSR count). The molecule has 1 aromatic heterocycles. The molecule has 0 aliphatic heterocycles. The largest absolute Gasteiger partial charge is 0.493 e. The Labute approximate surface area is 131 Å². The van der Waals surface area contributed by atoms with Crippen molar-refractivity contribution in [3.8, 4) is 5.75 Å². The third-order valence-electron chi connectivity index (χ3n) is 2.94. The highest BCUT2D eigenvalue weighted by atomic mass is 79.9. The zero-order valence-electron chi connectivity index (χ0n) is 11.5. The average molecular weight is 356 g/mol. The standard InChI is InChI=1S/C14H18BrN3OS/c1-3-18-14(13(19-2)8-17-18)12(16)9-20-11-6-4-5-10(15)7-11/h4-8,12H,3,9,16H2,1-2H3. The van der Waals surface area contributed by atoms with Crippen molar-refractivity contribution < 1.29 is 4.74 Å². The van der Waals surface area contributed by atoms with Crippen molar-refractivity contribution in [2.75, 3.05) is 12.9 Å². The van der Waals surface area contributed by atoms with Gasteiger partial charge in [-0.2, -0.15) is 5.10 Å². The molecule has 108 valence electrons. The number of hydrogen-bond acceptors (Lipinski definition) is 4. The van der Waals surface area contributed by atoms with Crippen molar-refractivity contribution in [1.29, 1.82) is 0 Å². The van der Waals surface area contributed by atoms with Gasteiger partial charge in [-0.05, 0) is 25.1 Å². The molecule has 0 aliphatic rings. The smallest absolute Gasteiger partial charge is 0.161 e. The first-order chi connectivity index (χ1) is 9.65. The zero-order chi connectivity index (χ0) is 14.5. The molecule has 2 aromatic rings. The number of aryl methyl sites for hydroxylation is 1. The van der Waals surface area contributed by atoms with E-state index in [2.05, 4.69) is 33.2 Å². The Balaban J connectivity index is 2.08. The van der Waals surface area contributed by atoms with Crippen molar-refractivity contribution in [3.63, 3.8) is 0 Å². The lowest BCUT2D eigenvalue weighted by atomic mass is 10.2. The van der Waals surface area contributed by atoms with Crippen LogP contribution in [0.3, 0.4) is 0 Å². The van der Waals surface area contributed by atoms with Gasteiger partial charge in [-0.15, -0.1) is 11.8 Å². The molecule has 0 saturated carbocycles. The molecule has 0 fully saturated rings. The van der Waals surface area contributed by atoms with Crippen LogP contribution in [0.25, 0.3) is 0 Å². The van der Waals surface area contributed by atoms with Gasteiger partial charge >= 0.3 is 0 Å². The van der Waals surface area contributed by atoms with Crippen molar-refractivity contribution in [2.24, 2.45) is 5.73 Å². The third kappa shape index (κ3) is 3.56. The van der Waals surface area contributed by atoms with E-state index < -0.39 is 0 Å². The van der Waals surface area contributed by atoms with Crippen LogP contribution >= 0.6 is 27.7 Å². The lowest BCUT2D eigenvalue weighted by molar-refractivity contribution is 0.403. The van der Waals surface area contributed by atoms with Crippen LogP contribution in [0.15, 0.2) is 39.8 Å². The van der Waals surface area contributed by atoms with E-state index in [4.69, 9.17) is 10.5 Å². The van der Waals surface area contributed by atoms with E-state index in [0.29, 0.717) is 0 Å². The van der Waals surface area contributed by atoms with Crippen LogP contribution < -0.4 is 10.5 Å². The second-order valence-corrected chi connectivity index (χ2v) is 6.30. The number of methoxy groups -OCH3 is 1. The number of aromatic nitrogens is 2. The highest BCUT2D eigenvalue weighted by molar-refractivity contribution is 9.10. The van der Waals surface area contributed by atoms with Gasteiger partial charge in [-0.25, -0.2) is 0 Å². The number of nitrogens with zero attached hydrogens (tertiary/aromatic N) is 2. The van der Waals surface area contributed by atoms with Crippen molar-refractivity contribution in [1.82, 2.24) is 9.78 Å². The molecule has 0 saturated heterocycles. The molecular weight excluding hydrogens is 338 g/mol. The van der Waals surface area contributed by atoms with Crippen molar-refractivity contribution in [3.05, 3.63) is 40.6 Å². The first kappa shape index (κ1) is 15.4. The summed E-state index contributed by atoms with van der Waals surface area (Å²) in [6, 6.07) is 8.09. The summed E-state index contributed by atoms with van der Waals surface area (Å²) in [6.45, 7) is 2.83. The maximum Gasteiger partial charge on any atom is 0.161 e. The number of nitrogens with two attached hydrogens (primary N) is 1. The Hall–Kier alpha value is -0.980. The SMILES string of the molecule is CCn1ncc(OC)c1C(N)CSc1cccc(Br)c1. The summed E-state index contributed by atoms with van der Waals surface area (Å²) < 4.78 is 8.31. The minimum Gasteiger partial charge on any atom is -0.493 e. The molecule has 0 radical (unpaired) electrons. The average Bonchev–Trinajstić information content (AvgIpc) is 2.88. The molecule has 0 aliphatic carbocycles. The predicted octanol–water partition coefficient (Wildman–Crippen LogP) is 3.47. The first-order valence-electron chi connectivity index (χ1n) is 6.39. The highest BCUT2D eigenvalue weighted by Crippen LogP contribution is 2.29. The fraction of sp³-hybridized carbons (Fsp3) is 0.357. The first-order valence-corrected chi connectivity index (χ1v) is 8.17. The Morgan fingerprint density at radius 1 is 1.50 bits per heavy atom. The fourth-order valence-corrected chi connectivity index (χ4v) is 3.45. The summed E-state index contributed by atoms with van der Waals surface area (Å²) in [7, 11) is 1.65. The van der Waals surface area contributed by atoms with E-state index in [1.165, 1.54) is 4.90 Å². The summed E-state index contributed by atoms with van der Waals surface area (Å²) >= 11 is 5.20. The Morgan fingerprint density at radius 3 is 2.95 bits per heavy atom. The summed E-state index contributed by atoms with van der Waals surface area (Å²) in [5.74, 6) is 1.53. The van der Waals surface area contributed by atoms with E-state index >= 15 is 0 Å². The van der Waals surface area contributed by atoms with Crippen LogP contribution in [0.5, 0.6) is 5.75 Å². The second-order valence-electron chi connectivity index (χ2n) is 4.29. The molecule has 0 bridgehead atoms. The van der Waals surface area contributed by atoms with E-state index in [9.17, 15) is 0 Å². The summed E-state index contributed by atoms with van der Waals surface area (Å²) in [5, 5.41) is 4.29. The molecule has 4 nitrogen and oxygen atoms in total. The van der Waals surface area contributed by atoms with E-state index in [0.717, 1.165) is 28.2 Å². The molecule has 6 heteroatoms. The lowest BCUT2D eigenvalue weighted by Crippen LogP contribution is -2.19. The number of halogens is 1. The number of ether oxygens (including phenoxy) is 1. The molecule has 1 unspecified atom stereocenters. The van der Waals surface area contributed by atoms with Gasteiger partial charge in [0.25, 0.3) is 0 Å². The highest BCUT2D eigenvalue weighted by Gasteiger charge is 2.18. The van der Waals surface area contributed by atoms with Crippen LogP contribution in [-0.2, 0) is 6.54 Å². The van der Waals surface area contributed by atoms with E-state index in [1.807, 2.05) is 23.7 Å². The van der Waals surface area contributed by atoms with Gasteiger partial charge in [0.2, 0.25) is 0 Å². The molecule has 1 atom stereocenters. The van der Waals surface area contributed by atoms with Gasteiger partial charge < -0.3 is 10.5 Å². The fourth-order valence-electron chi connectivity index (χ4n) is 1.98.